The molecule has 2 N–H and O–H groups in total. The number of hydrogen-bond acceptors (Lipinski definition) is 3. The Morgan fingerprint density at radius 1 is 1.41 bits per heavy atom. The van der Waals surface area contributed by atoms with Crippen LogP contribution < -0.4 is 5.73 Å². The van der Waals surface area contributed by atoms with Crippen molar-refractivity contribution in [3.8, 4) is 11.3 Å². The number of aromatic nitrogens is 2. The quantitative estimate of drug-likeness (QED) is 0.719. The van der Waals surface area contributed by atoms with E-state index in [1.54, 1.807) is 6.07 Å². The standard InChI is InChI=1S/C12H10ClN3O/c1-16-6-8(10-5-11(14)15-17-10)7-3-2-4-9(13)12(7)16/h2-6H,1H3,(H2,14,15). The van der Waals surface area contributed by atoms with E-state index in [1.807, 2.05) is 36.0 Å². The Balaban J connectivity index is 2.35. The zero-order chi connectivity index (χ0) is 12.0. The molecule has 86 valence electrons. The predicted octanol–water partition coefficient (Wildman–Crippen LogP) is 3.07. The molecular weight excluding hydrogens is 238 g/mol. The van der Waals surface area contributed by atoms with E-state index < -0.39 is 0 Å². The highest BCUT2D eigenvalue weighted by Gasteiger charge is 2.14. The molecule has 5 heteroatoms. The van der Waals surface area contributed by atoms with Crippen LogP contribution in [0.3, 0.4) is 0 Å². The van der Waals surface area contributed by atoms with Gasteiger partial charge in [0.25, 0.3) is 0 Å². The van der Waals surface area contributed by atoms with Crippen molar-refractivity contribution in [1.29, 1.82) is 0 Å². The van der Waals surface area contributed by atoms with Crippen LogP contribution in [0.15, 0.2) is 35.0 Å². The summed E-state index contributed by atoms with van der Waals surface area (Å²) in [6.45, 7) is 0. The van der Waals surface area contributed by atoms with Crippen molar-refractivity contribution in [3.63, 3.8) is 0 Å². The number of aryl methyl sites for hydroxylation is 1. The van der Waals surface area contributed by atoms with Crippen LogP contribution in [0, 0.1) is 0 Å². The molecule has 1 aromatic carbocycles. The summed E-state index contributed by atoms with van der Waals surface area (Å²) in [6, 6.07) is 7.47. The molecule has 3 aromatic rings. The first kappa shape index (κ1) is 10.2. The van der Waals surface area contributed by atoms with Crippen LogP contribution in [0.5, 0.6) is 0 Å². The van der Waals surface area contributed by atoms with E-state index in [-0.39, 0.29) is 0 Å². The number of para-hydroxylation sites is 1. The molecule has 4 nitrogen and oxygen atoms in total. The van der Waals surface area contributed by atoms with E-state index in [0.717, 1.165) is 16.5 Å². The Morgan fingerprint density at radius 2 is 2.24 bits per heavy atom. The molecule has 0 aliphatic rings. The summed E-state index contributed by atoms with van der Waals surface area (Å²) in [6.07, 6.45) is 1.95. The van der Waals surface area contributed by atoms with Gasteiger partial charge < -0.3 is 14.8 Å². The van der Waals surface area contributed by atoms with Crippen LogP contribution in [0.1, 0.15) is 0 Å². The van der Waals surface area contributed by atoms with Crippen molar-refractivity contribution < 1.29 is 4.52 Å². The number of benzene rings is 1. The van der Waals surface area contributed by atoms with Gasteiger partial charge in [-0.15, -0.1) is 0 Å². The lowest BCUT2D eigenvalue weighted by Gasteiger charge is -1.97. The maximum atomic E-state index is 6.18. The predicted molar refractivity (Wildman–Crippen MR) is 67.8 cm³/mol. The van der Waals surface area contributed by atoms with Gasteiger partial charge in [0.15, 0.2) is 11.6 Å². The van der Waals surface area contributed by atoms with Crippen molar-refractivity contribution in [3.05, 3.63) is 35.5 Å². The lowest BCUT2D eigenvalue weighted by atomic mass is 10.1. The minimum Gasteiger partial charge on any atom is -0.381 e. The fourth-order valence-electron chi connectivity index (χ4n) is 2.03. The first-order valence-corrected chi connectivity index (χ1v) is 5.50. The van der Waals surface area contributed by atoms with Gasteiger partial charge in [0, 0.05) is 30.3 Å². The van der Waals surface area contributed by atoms with Crippen LogP contribution >= 0.6 is 11.6 Å². The molecule has 2 aromatic heterocycles. The van der Waals surface area contributed by atoms with E-state index in [2.05, 4.69) is 5.16 Å². The number of nitrogens with zero attached hydrogens (tertiary/aromatic N) is 2. The highest BCUT2D eigenvalue weighted by molar-refractivity contribution is 6.35. The summed E-state index contributed by atoms with van der Waals surface area (Å²) >= 11 is 6.18. The topological polar surface area (TPSA) is 57.0 Å². The molecule has 0 fully saturated rings. The summed E-state index contributed by atoms with van der Waals surface area (Å²) in [5.41, 5.74) is 7.47. The first-order valence-electron chi connectivity index (χ1n) is 5.13. The van der Waals surface area contributed by atoms with Gasteiger partial charge in [-0.1, -0.05) is 28.9 Å². The largest absolute Gasteiger partial charge is 0.381 e. The van der Waals surface area contributed by atoms with Crippen LogP contribution in [0.2, 0.25) is 5.02 Å². The fourth-order valence-corrected chi connectivity index (χ4v) is 2.34. The molecule has 0 atom stereocenters. The summed E-state index contributed by atoms with van der Waals surface area (Å²) in [7, 11) is 1.94. The summed E-state index contributed by atoms with van der Waals surface area (Å²) in [5.74, 6) is 1.02. The Bertz CT molecular complexity index is 699. The number of nitrogen functional groups attached to an aromatic ring is 1. The molecule has 0 saturated carbocycles. The number of rotatable bonds is 1. The molecule has 17 heavy (non-hydrogen) atoms. The van der Waals surface area contributed by atoms with Crippen LogP contribution in [0.25, 0.3) is 22.2 Å². The normalized spacial score (nSPS) is 11.2. The van der Waals surface area contributed by atoms with Gasteiger partial charge in [0.1, 0.15) is 0 Å². The molecule has 0 saturated heterocycles. The number of nitrogens with two attached hydrogens (primary N) is 1. The Labute approximate surface area is 103 Å². The maximum Gasteiger partial charge on any atom is 0.171 e. The molecular formula is C12H10ClN3O. The lowest BCUT2D eigenvalue weighted by molar-refractivity contribution is 0.436. The van der Waals surface area contributed by atoms with Crippen molar-refractivity contribution in [2.45, 2.75) is 0 Å². The van der Waals surface area contributed by atoms with Gasteiger partial charge in [-0.05, 0) is 6.07 Å². The molecule has 3 rings (SSSR count). The summed E-state index contributed by atoms with van der Waals surface area (Å²) in [4.78, 5) is 0. The molecule has 0 aliphatic carbocycles. The average molecular weight is 248 g/mol. The number of halogens is 1. The third kappa shape index (κ3) is 1.49. The minimum absolute atomic E-state index is 0.374. The monoisotopic (exact) mass is 247 g/mol. The summed E-state index contributed by atoms with van der Waals surface area (Å²) < 4.78 is 7.14. The maximum absolute atomic E-state index is 6.18. The molecule has 0 amide bonds. The van der Waals surface area contributed by atoms with E-state index in [9.17, 15) is 0 Å². The zero-order valence-electron chi connectivity index (χ0n) is 9.14. The van der Waals surface area contributed by atoms with Gasteiger partial charge in [-0.2, -0.15) is 0 Å². The Hall–Kier alpha value is -1.94. The SMILES string of the molecule is Cn1cc(-c2cc(N)no2)c2cccc(Cl)c21. The zero-order valence-corrected chi connectivity index (χ0v) is 9.90. The van der Waals surface area contributed by atoms with E-state index >= 15 is 0 Å². The number of anilines is 1. The van der Waals surface area contributed by atoms with Crippen molar-refractivity contribution in [2.75, 3.05) is 5.73 Å². The third-order valence-corrected chi connectivity index (χ3v) is 3.05. The molecule has 0 aliphatic heterocycles. The first-order chi connectivity index (χ1) is 8.16. The van der Waals surface area contributed by atoms with Gasteiger partial charge in [-0.3, -0.25) is 0 Å². The second kappa shape index (κ2) is 3.53. The average Bonchev–Trinajstić information content (AvgIpc) is 2.84. The smallest absolute Gasteiger partial charge is 0.171 e. The fraction of sp³-hybridized carbons (Fsp3) is 0.0833. The number of fused-ring (bicyclic) bond motifs is 1. The van der Waals surface area contributed by atoms with E-state index in [0.29, 0.717) is 16.6 Å². The van der Waals surface area contributed by atoms with Crippen LogP contribution in [0.4, 0.5) is 5.82 Å². The lowest BCUT2D eigenvalue weighted by Crippen LogP contribution is -1.83. The van der Waals surface area contributed by atoms with Crippen LogP contribution in [-0.2, 0) is 7.05 Å². The van der Waals surface area contributed by atoms with Crippen molar-refractivity contribution in [2.24, 2.45) is 7.05 Å². The Morgan fingerprint density at radius 3 is 2.94 bits per heavy atom. The molecule has 0 spiro atoms. The highest BCUT2D eigenvalue weighted by atomic mass is 35.5. The van der Waals surface area contributed by atoms with Crippen molar-refractivity contribution >= 4 is 28.3 Å². The van der Waals surface area contributed by atoms with Gasteiger partial charge in [0.2, 0.25) is 0 Å². The highest BCUT2D eigenvalue weighted by Crippen LogP contribution is 2.34. The van der Waals surface area contributed by atoms with Gasteiger partial charge in [-0.25, -0.2) is 0 Å². The van der Waals surface area contributed by atoms with Gasteiger partial charge >= 0.3 is 0 Å². The summed E-state index contributed by atoms with van der Waals surface area (Å²) in [5, 5.41) is 5.43. The van der Waals surface area contributed by atoms with Gasteiger partial charge in [0.05, 0.1) is 10.5 Å². The molecule has 2 heterocycles. The second-order valence-electron chi connectivity index (χ2n) is 3.91. The third-order valence-electron chi connectivity index (χ3n) is 2.75. The minimum atomic E-state index is 0.374. The van der Waals surface area contributed by atoms with Crippen molar-refractivity contribution in [1.82, 2.24) is 9.72 Å². The second-order valence-corrected chi connectivity index (χ2v) is 4.31. The molecule has 0 radical (unpaired) electrons. The molecule has 0 bridgehead atoms. The Kier molecular flexibility index (Phi) is 2.12. The van der Waals surface area contributed by atoms with E-state index in [1.165, 1.54) is 0 Å². The van der Waals surface area contributed by atoms with E-state index in [4.69, 9.17) is 21.9 Å². The number of hydrogen-bond donors (Lipinski definition) is 1. The van der Waals surface area contributed by atoms with Crippen LogP contribution in [-0.4, -0.2) is 9.72 Å². The molecule has 0 unspecified atom stereocenters.